The van der Waals surface area contributed by atoms with Crippen molar-refractivity contribution < 1.29 is 0 Å². The second kappa shape index (κ2) is 9.77. The smallest absolute Gasteiger partial charge is 0.0903 e. The quantitative estimate of drug-likeness (QED) is 0.707. The second-order valence-corrected chi connectivity index (χ2v) is 9.17. The van der Waals surface area contributed by atoms with Gasteiger partial charge in [0.05, 0.1) is 12.4 Å². The van der Waals surface area contributed by atoms with Crippen LogP contribution in [0.1, 0.15) is 44.9 Å². The highest BCUT2D eigenvalue weighted by Crippen LogP contribution is 2.21. The summed E-state index contributed by atoms with van der Waals surface area (Å²) in [5, 5.41) is 0. The lowest BCUT2D eigenvalue weighted by Crippen LogP contribution is -2.53. The number of piperidine rings is 1. The summed E-state index contributed by atoms with van der Waals surface area (Å²) in [6.07, 6.45) is 9.00. The normalized spacial score (nSPS) is 21.4. The molecule has 2 aliphatic heterocycles. The van der Waals surface area contributed by atoms with Gasteiger partial charge >= 0.3 is 0 Å². The van der Waals surface area contributed by atoms with E-state index in [0.717, 1.165) is 38.0 Å². The molecule has 2 aliphatic rings. The minimum Gasteiger partial charge on any atom is -0.300 e. The Kier molecular flexibility index (Phi) is 7.38. The molecule has 5 nitrogen and oxygen atoms in total. The van der Waals surface area contributed by atoms with Crippen LogP contribution in [0.15, 0.2) is 29.4 Å². The summed E-state index contributed by atoms with van der Waals surface area (Å²) in [6.45, 7) is 19.1. The number of pyridine rings is 1. The summed E-state index contributed by atoms with van der Waals surface area (Å²) in [7, 11) is 0. The predicted molar refractivity (Wildman–Crippen MR) is 119 cm³/mol. The molecular weight excluding hydrogens is 346 g/mol. The van der Waals surface area contributed by atoms with Crippen LogP contribution < -0.4 is 0 Å². The van der Waals surface area contributed by atoms with Crippen LogP contribution in [0.5, 0.6) is 0 Å². The Morgan fingerprint density at radius 3 is 2.36 bits per heavy atom. The average molecular weight is 384 g/mol. The Hall–Kier alpha value is -1.56. The third kappa shape index (κ3) is 5.97. The van der Waals surface area contributed by atoms with E-state index in [1.54, 1.807) is 0 Å². The molecule has 154 valence electrons. The van der Waals surface area contributed by atoms with Gasteiger partial charge in [-0.25, -0.2) is 0 Å². The van der Waals surface area contributed by atoms with E-state index in [2.05, 4.69) is 76.4 Å². The van der Waals surface area contributed by atoms with Gasteiger partial charge in [0, 0.05) is 45.0 Å². The molecule has 28 heavy (non-hydrogen) atoms. The van der Waals surface area contributed by atoms with E-state index in [9.17, 15) is 0 Å². The largest absolute Gasteiger partial charge is 0.300 e. The van der Waals surface area contributed by atoms with Crippen molar-refractivity contribution in [2.24, 2.45) is 4.99 Å². The molecule has 0 atom stereocenters. The van der Waals surface area contributed by atoms with Crippen LogP contribution in [0, 0.1) is 0 Å². The van der Waals surface area contributed by atoms with Crippen molar-refractivity contribution in [3.05, 3.63) is 35.7 Å². The van der Waals surface area contributed by atoms with Crippen LogP contribution >= 0.6 is 0 Å². The number of aliphatic imine (C=N–C) groups is 1. The molecule has 0 aliphatic carbocycles. The van der Waals surface area contributed by atoms with Crippen molar-refractivity contribution in [2.45, 2.75) is 45.1 Å². The van der Waals surface area contributed by atoms with Crippen LogP contribution in [0.3, 0.4) is 0 Å². The van der Waals surface area contributed by atoms with E-state index < -0.39 is 0 Å². The lowest BCUT2D eigenvalue weighted by atomic mass is 9.88. The molecule has 2 fully saturated rings. The maximum Gasteiger partial charge on any atom is 0.0903 e. The second-order valence-electron chi connectivity index (χ2n) is 9.17. The van der Waals surface area contributed by atoms with Crippen LogP contribution in [0.2, 0.25) is 0 Å². The Bertz CT molecular complexity index is 630. The van der Waals surface area contributed by atoms with E-state index in [-0.39, 0.29) is 5.41 Å². The Balaban J connectivity index is 1.39. The summed E-state index contributed by atoms with van der Waals surface area (Å²) in [5.41, 5.74) is 2.50. The van der Waals surface area contributed by atoms with Crippen molar-refractivity contribution in [1.29, 1.82) is 0 Å². The highest BCUT2D eigenvalue weighted by molar-refractivity contribution is 5.45. The number of likely N-dealkylation sites (tertiary alicyclic amines) is 1. The third-order valence-corrected chi connectivity index (χ3v) is 6.08. The summed E-state index contributed by atoms with van der Waals surface area (Å²) in [6, 6.07) is 5.08. The summed E-state index contributed by atoms with van der Waals surface area (Å²) in [4.78, 5) is 16.3. The molecular formula is C23H37N5. The Morgan fingerprint density at radius 1 is 1.07 bits per heavy atom. The zero-order chi connectivity index (χ0) is 20.0. The van der Waals surface area contributed by atoms with Gasteiger partial charge < -0.3 is 0 Å². The number of nitrogens with zero attached hydrogens (tertiary/aromatic N) is 5. The van der Waals surface area contributed by atoms with Gasteiger partial charge in [-0.2, -0.15) is 0 Å². The average Bonchev–Trinajstić information content (AvgIpc) is 2.69. The molecule has 1 aromatic rings. The SMILES string of the molecule is C=NCN1CCN(C2CCN(C/C=C/c3ccc(C(C)(C)C)cn3)CC2)CC1. The fourth-order valence-corrected chi connectivity index (χ4v) is 4.15. The van der Waals surface area contributed by atoms with E-state index in [1.807, 2.05) is 6.20 Å². The van der Waals surface area contributed by atoms with Crippen molar-refractivity contribution in [3.63, 3.8) is 0 Å². The van der Waals surface area contributed by atoms with E-state index in [0.29, 0.717) is 0 Å². The topological polar surface area (TPSA) is 35.0 Å². The van der Waals surface area contributed by atoms with Crippen molar-refractivity contribution in [2.75, 3.05) is 52.5 Å². The molecule has 0 N–H and O–H groups in total. The summed E-state index contributed by atoms with van der Waals surface area (Å²) in [5.74, 6) is 0. The molecule has 0 aromatic carbocycles. The molecule has 5 heteroatoms. The van der Waals surface area contributed by atoms with Crippen molar-refractivity contribution in [1.82, 2.24) is 19.7 Å². The van der Waals surface area contributed by atoms with Gasteiger partial charge in [-0.05, 0) is 55.8 Å². The summed E-state index contributed by atoms with van der Waals surface area (Å²) >= 11 is 0. The molecule has 1 aromatic heterocycles. The van der Waals surface area contributed by atoms with Gasteiger partial charge in [-0.1, -0.05) is 32.9 Å². The van der Waals surface area contributed by atoms with Crippen LogP contribution in [-0.4, -0.2) is 84.9 Å². The van der Waals surface area contributed by atoms with Gasteiger partial charge in [0.1, 0.15) is 0 Å². The van der Waals surface area contributed by atoms with Gasteiger partial charge in [0.15, 0.2) is 0 Å². The molecule has 3 rings (SSSR count). The van der Waals surface area contributed by atoms with Crippen LogP contribution in [0.4, 0.5) is 0 Å². The van der Waals surface area contributed by atoms with E-state index >= 15 is 0 Å². The molecule has 3 heterocycles. The van der Waals surface area contributed by atoms with Crippen LogP contribution in [0.25, 0.3) is 6.08 Å². The molecule has 0 bridgehead atoms. The van der Waals surface area contributed by atoms with Gasteiger partial charge in [0.25, 0.3) is 0 Å². The lowest BCUT2D eigenvalue weighted by Gasteiger charge is -2.42. The first kappa shape index (κ1) is 21.2. The monoisotopic (exact) mass is 383 g/mol. The predicted octanol–water partition coefficient (Wildman–Crippen LogP) is 3.13. The first-order chi connectivity index (χ1) is 13.5. The molecule has 2 saturated heterocycles. The first-order valence-corrected chi connectivity index (χ1v) is 10.7. The molecule has 0 amide bonds. The van der Waals surface area contributed by atoms with Gasteiger partial charge in [-0.3, -0.25) is 24.7 Å². The minimum absolute atomic E-state index is 0.161. The number of aromatic nitrogens is 1. The Morgan fingerprint density at radius 2 is 1.79 bits per heavy atom. The zero-order valence-corrected chi connectivity index (χ0v) is 18.0. The van der Waals surface area contributed by atoms with Crippen molar-refractivity contribution >= 4 is 12.8 Å². The highest BCUT2D eigenvalue weighted by Gasteiger charge is 2.26. The first-order valence-electron chi connectivity index (χ1n) is 10.7. The van der Waals surface area contributed by atoms with Gasteiger partial charge in [0.2, 0.25) is 0 Å². The summed E-state index contributed by atoms with van der Waals surface area (Å²) < 4.78 is 0. The maximum atomic E-state index is 4.59. The molecule has 0 unspecified atom stereocenters. The molecule has 0 radical (unpaired) electrons. The standard InChI is InChI=1S/C23H37N5/c1-23(2,3)20-7-8-21(25-18-20)6-5-11-26-12-9-22(10-13-26)28-16-14-27(15-17-28)19-24-4/h5-8,18,22H,4,9-17,19H2,1-3H3/b6-5+. The van der Waals surface area contributed by atoms with E-state index in [1.165, 1.54) is 44.6 Å². The van der Waals surface area contributed by atoms with E-state index in [4.69, 9.17) is 0 Å². The maximum absolute atomic E-state index is 4.59. The number of piperazine rings is 1. The number of hydrogen-bond acceptors (Lipinski definition) is 5. The van der Waals surface area contributed by atoms with Crippen LogP contribution in [-0.2, 0) is 5.41 Å². The Labute approximate surface area is 171 Å². The van der Waals surface area contributed by atoms with Gasteiger partial charge in [-0.15, -0.1) is 0 Å². The molecule has 0 saturated carbocycles. The third-order valence-electron chi connectivity index (χ3n) is 6.08. The number of hydrogen-bond donors (Lipinski definition) is 0. The minimum atomic E-state index is 0.161. The van der Waals surface area contributed by atoms with Crippen molar-refractivity contribution in [3.8, 4) is 0 Å². The lowest BCUT2D eigenvalue weighted by molar-refractivity contribution is 0.0631. The highest BCUT2D eigenvalue weighted by atomic mass is 15.3. The fraction of sp³-hybridized carbons (Fsp3) is 0.652. The zero-order valence-electron chi connectivity index (χ0n) is 18.0. The fourth-order valence-electron chi connectivity index (χ4n) is 4.15. The number of rotatable bonds is 6. The molecule has 0 spiro atoms.